The predicted octanol–water partition coefficient (Wildman–Crippen LogP) is 4.94. The first-order chi connectivity index (χ1) is 11.9. The molecule has 0 atom stereocenters. The summed E-state index contributed by atoms with van der Waals surface area (Å²) >= 11 is 10.5. The summed E-state index contributed by atoms with van der Waals surface area (Å²) in [7, 11) is -3.79. The van der Waals surface area contributed by atoms with E-state index in [-0.39, 0.29) is 4.90 Å². The van der Waals surface area contributed by atoms with Crippen LogP contribution in [-0.2, 0) is 16.6 Å². The van der Waals surface area contributed by atoms with E-state index in [4.69, 9.17) is 11.6 Å². The Morgan fingerprint density at radius 1 is 1.12 bits per heavy atom. The molecule has 0 fully saturated rings. The van der Waals surface area contributed by atoms with Gasteiger partial charge in [-0.15, -0.1) is 15.7 Å². The summed E-state index contributed by atoms with van der Waals surface area (Å²) in [5.41, 5.74) is 1.94. The summed E-state index contributed by atoms with van der Waals surface area (Å²) in [6, 6.07) is 13.9. The lowest BCUT2D eigenvalue weighted by Gasteiger charge is -2.06. The number of aromatic nitrogens is 1. The number of nitrogens with zero attached hydrogens (tertiary/aromatic N) is 2. The van der Waals surface area contributed by atoms with E-state index in [1.807, 2.05) is 41.1 Å². The van der Waals surface area contributed by atoms with Gasteiger partial charge in [-0.3, -0.25) is 0 Å². The zero-order valence-electron chi connectivity index (χ0n) is 13.2. The van der Waals surface area contributed by atoms with Gasteiger partial charge in [-0.25, -0.2) is 0 Å². The first-order valence-electron chi connectivity index (χ1n) is 7.41. The Morgan fingerprint density at radius 2 is 1.76 bits per heavy atom. The van der Waals surface area contributed by atoms with E-state index >= 15 is 0 Å². The van der Waals surface area contributed by atoms with E-state index in [2.05, 4.69) is 20.3 Å². The number of halogens is 2. The smallest absolute Gasteiger partial charge is 0.285 e. The molecular formula is C17H14BrClN2O2S2. The molecule has 0 saturated carbocycles. The highest BCUT2D eigenvalue weighted by Crippen LogP contribution is 2.23. The van der Waals surface area contributed by atoms with E-state index < -0.39 is 10.0 Å². The van der Waals surface area contributed by atoms with Crippen LogP contribution in [0.4, 0.5) is 0 Å². The summed E-state index contributed by atoms with van der Waals surface area (Å²) in [4.78, 5) is 0.563. The van der Waals surface area contributed by atoms with Gasteiger partial charge < -0.3 is 4.57 Å². The van der Waals surface area contributed by atoms with Crippen molar-refractivity contribution in [2.24, 2.45) is 4.40 Å². The third-order valence-electron chi connectivity index (χ3n) is 3.56. The zero-order chi connectivity index (χ0) is 18.0. The Kier molecular flexibility index (Phi) is 5.48. The van der Waals surface area contributed by atoms with Crippen LogP contribution in [0.2, 0.25) is 5.02 Å². The monoisotopic (exact) mass is 456 g/mol. The second-order valence-corrected chi connectivity index (χ2v) is 8.97. The average Bonchev–Trinajstić information content (AvgIpc) is 2.98. The molecule has 0 saturated heterocycles. The van der Waals surface area contributed by atoms with Crippen LogP contribution in [0.15, 0.2) is 67.7 Å². The van der Waals surface area contributed by atoms with Crippen LogP contribution in [0, 0.1) is 0 Å². The Labute approximate surface area is 163 Å². The molecule has 3 aromatic rings. The molecule has 0 N–H and O–H groups in total. The maximum absolute atomic E-state index is 12.5. The molecular weight excluding hydrogens is 444 g/mol. The maximum atomic E-state index is 12.5. The summed E-state index contributed by atoms with van der Waals surface area (Å²) < 4.78 is 32.0. The molecule has 0 amide bonds. The molecule has 8 heteroatoms. The Hall–Kier alpha value is -1.41. The topological polar surface area (TPSA) is 51.4 Å². The van der Waals surface area contributed by atoms with Crippen LogP contribution in [0.1, 0.15) is 6.92 Å². The van der Waals surface area contributed by atoms with Gasteiger partial charge in [0.05, 0.1) is 10.6 Å². The molecule has 0 unspecified atom stereocenters. The van der Waals surface area contributed by atoms with Crippen LogP contribution in [0.5, 0.6) is 0 Å². The van der Waals surface area contributed by atoms with Gasteiger partial charge in [-0.2, -0.15) is 8.42 Å². The molecule has 3 rings (SSSR count). The highest BCUT2D eigenvalue weighted by molar-refractivity contribution is 9.10. The van der Waals surface area contributed by atoms with Crippen molar-refractivity contribution in [1.29, 1.82) is 0 Å². The molecule has 4 nitrogen and oxygen atoms in total. The number of hydrogen-bond donors (Lipinski definition) is 0. The Bertz CT molecular complexity index is 1050. The molecule has 130 valence electrons. The molecule has 0 radical (unpaired) electrons. The molecule has 0 spiro atoms. The van der Waals surface area contributed by atoms with Gasteiger partial charge in [0, 0.05) is 21.4 Å². The van der Waals surface area contributed by atoms with E-state index in [0.717, 1.165) is 15.7 Å². The molecule has 0 aliphatic carbocycles. The zero-order valence-corrected chi connectivity index (χ0v) is 17.2. The van der Waals surface area contributed by atoms with Gasteiger partial charge >= 0.3 is 0 Å². The van der Waals surface area contributed by atoms with Crippen LogP contribution >= 0.6 is 38.9 Å². The SMILES string of the molecule is CCn1c(-c2ccc(Br)cc2)csc1=NS(=O)(=O)c1ccc(Cl)cc1. The van der Waals surface area contributed by atoms with Crippen LogP contribution in [-0.4, -0.2) is 13.0 Å². The molecule has 2 aromatic carbocycles. The van der Waals surface area contributed by atoms with Gasteiger partial charge in [-0.05, 0) is 48.9 Å². The third-order valence-corrected chi connectivity index (χ3v) is 6.60. The third kappa shape index (κ3) is 4.06. The lowest BCUT2D eigenvalue weighted by molar-refractivity contribution is 0.595. The molecule has 25 heavy (non-hydrogen) atoms. The summed E-state index contributed by atoms with van der Waals surface area (Å²) in [6.45, 7) is 2.58. The van der Waals surface area contributed by atoms with Crippen LogP contribution in [0.3, 0.4) is 0 Å². The normalized spacial score (nSPS) is 12.5. The van der Waals surface area contributed by atoms with Gasteiger partial charge in [0.25, 0.3) is 10.0 Å². The molecule has 1 aromatic heterocycles. The average molecular weight is 458 g/mol. The fourth-order valence-electron chi connectivity index (χ4n) is 2.32. The van der Waals surface area contributed by atoms with Crippen molar-refractivity contribution in [3.05, 3.63) is 68.2 Å². The van der Waals surface area contributed by atoms with Gasteiger partial charge in [-0.1, -0.05) is 39.7 Å². The lowest BCUT2D eigenvalue weighted by atomic mass is 10.2. The van der Waals surface area contributed by atoms with Crippen molar-refractivity contribution < 1.29 is 8.42 Å². The maximum Gasteiger partial charge on any atom is 0.285 e. The van der Waals surface area contributed by atoms with Crippen molar-refractivity contribution in [3.8, 4) is 11.3 Å². The molecule has 1 heterocycles. The largest absolute Gasteiger partial charge is 0.316 e. The first kappa shape index (κ1) is 18.4. The van der Waals surface area contributed by atoms with Crippen molar-refractivity contribution >= 4 is 48.9 Å². The van der Waals surface area contributed by atoms with E-state index in [0.29, 0.717) is 16.4 Å². The first-order valence-corrected chi connectivity index (χ1v) is 10.9. The predicted molar refractivity (Wildman–Crippen MR) is 105 cm³/mol. The highest BCUT2D eigenvalue weighted by atomic mass is 79.9. The molecule has 0 bridgehead atoms. The quantitative estimate of drug-likeness (QED) is 0.557. The van der Waals surface area contributed by atoms with Crippen molar-refractivity contribution in [3.63, 3.8) is 0 Å². The number of sulfonamides is 1. The van der Waals surface area contributed by atoms with E-state index in [1.165, 1.54) is 23.5 Å². The standard InChI is InChI=1S/C17H14BrClN2O2S2/c1-2-21-16(12-3-5-13(18)6-4-12)11-24-17(21)20-25(22,23)15-9-7-14(19)8-10-15/h3-11H,2H2,1H3. The van der Waals surface area contributed by atoms with Crippen molar-refractivity contribution in [1.82, 2.24) is 4.57 Å². The second kappa shape index (κ2) is 7.45. The highest BCUT2D eigenvalue weighted by Gasteiger charge is 2.14. The summed E-state index contributed by atoms with van der Waals surface area (Å²) in [5, 5.41) is 2.40. The number of thiazole rings is 1. The van der Waals surface area contributed by atoms with E-state index in [9.17, 15) is 8.42 Å². The lowest BCUT2D eigenvalue weighted by Crippen LogP contribution is -2.17. The Balaban J connectivity index is 2.10. The van der Waals surface area contributed by atoms with Crippen LogP contribution in [0.25, 0.3) is 11.3 Å². The summed E-state index contributed by atoms with van der Waals surface area (Å²) in [6.07, 6.45) is 0. The van der Waals surface area contributed by atoms with Gasteiger partial charge in [0.2, 0.25) is 4.80 Å². The minimum atomic E-state index is -3.79. The Morgan fingerprint density at radius 3 is 2.36 bits per heavy atom. The van der Waals surface area contributed by atoms with Crippen molar-refractivity contribution in [2.75, 3.05) is 0 Å². The number of benzene rings is 2. The fraction of sp³-hybridized carbons (Fsp3) is 0.118. The van der Waals surface area contributed by atoms with Crippen molar-refractivity contribution in [2.45, 2.75) is 18.4 Å². The van der Waals surface area contributed by atoms with Crippen LogP contribution < -0.4 is 4.80 Å². The minimum absolute atomic E-state index is 0.123. The van der Waals surface area contributed by atoms with E-state index in [1.54, 1.807) is 12.1 Å². The minimum Gasteiger partial charge on any atom is -0.316 e. The van der Waals surface area contributed by atoms with Gasteiger partial charge in [0.15, 0.2) is 0 Å². The van der Waals surface area contributed by atoms with Gasteiger partial charge in [0.1, 0.15) is 0 Å². The number of rotatable bonds is 4. The fourth-order valence-corrected chi connectivity index (χ4v) is 4.90. The second-order valence-electron chi connectivity index (χ2n) is 5.17. The molecule has 0 aliphatic rings. The molecule has 0 aliphatic heterocycles. The summed E-state index contributed by atoms with van der Waals surface area (Å²) in [5.74, 6) is 0. The number of hydrogen-bond acceptors (Lipinski definition) is 3.